The molecular weight excluding hydrogens is 375 g/mol. The first-order valence-corrected chi connectivity index (χ1v) is 10.5. The van der Waals surface area contributed by atoms with Gasteiger partial charge in [0, 0.05) is 16.8 Å². The van der Waals surface area contributed by atoms with E-state index in [1.54, 1.807) is 17.0 Å². The number of anilines is 2. The van der Waals surface area contributed by atoms with Crippen LogP contribution in [0.25, 0.3) is 0 Å². The minimum absolute atomic E-state index is 0.0768. The second kappa shape index (κ2) is 5.60. The highest BCUT2D eigenvalue weighted by Gasteiger charge is 2.64. The molecule has 144 valence electrons. The summed E-state index contributed by atoms with van der Waals surface area (Å²) in [5.74, 6) is -0.0331. The van der Waals surface area contributed by atoms with E-state index in [9.17, 15) is 14.0 Å². The zero-order valence-corrected chi connectivity index (χ0v) is 16.8. The van der Waals surface area contributed by atoms with E-state index in [0.717, 1.165) is 23.2 Å². The predicted molar refractivity (Wildman–Crippen MR) is 109 cm³/mol. The first-order chi connectivity index (χ1) is 13.3. The van der Waals surface area contributed by atoms with Crippen LogP contribution in [0, 0.1) is 5.82 Å². The average Bonchev–Trinajstić information content (AvgIpc) is 3.11. The van der Waals surface area contributed by atoms with Gasteiger partial charge in [-0.25, -0.2) is 4.39 Å². The fraction of sp³-hybridized carbons (Fsp3) is 0.364. The summed E-state index contributed by atoms with van der Waals surface area (Å²) in [5, 5.41) is 0. The maximum absolute atomic E-state index is 14.0. The zero-order valence-electron chi connectivity index (χ0n) is 16.0. The van der Waals surface area contributed by atoms with Gasteiger partial charge < -0.3 is 4.90 Å². The van der Waals surface area contributed by atoms with Gasteiger partial charge >= 0.3 is 0 Å². The van der Waals surface area contributed by atoms with E-state index in [2.05, 4.69) is 26.8 Å². The lowest BCUT2D eigenvalue weighted by Crippen LogP contribution is -2.56. The fourth-order valence-electron chi connectivity index (χ4n) is 5.12. The van der Waals surface area contributed by atoms with Crippen LogP contribution < -0.4 is 9.80 Å². The Morgan fingerprint density at radius 2 is 1.79 bits per heavy atom. The first-order valence-electron chi connectivity index (χ1n) is 9.48. The van der Waals surface area contributed by atoms with Gasteiger partial charge in [-0.15, -0.1) is 11.8 Å². The summed E-state index contributed by atoms with van der Waals surface area (Å²) in [6.45, 7) is 6.36. The Morgan fingerprint density at radius 1 is 1.07 bits per heavy atom. The topological polar surface area (TPSA) is 40.6 Å². The Hall–Kier alpha value is -2.34. The zero-order chi connectivity index (χ0) is 19.8. The van der Waals surface area contributed by atoms with Gasteiger partial charge in [-0.2, -0.15) is 0 Å². The summed E-state index contributed by atoms with van der Waals surface area (Å²) in [6, 6.07) is 11.8. The lowest BCUT2D eigenvalue weighted by atomic mass is 9.80. The van der Waals surface area contributed by atoms with Crippen molar-refractivity contribution in [2.24, 2.45) is 0 Å². The Labute approximate surface area is 167 Å². The maximum atomic E-state index is 14.0. The van der Waals surface area contributed by atoms with Crippen molar-refractivity contribution in [1.82, 2.24) is 0 Å². The quantitative estimate of drug-likeness (QED) is 0.718. The van der Waals surface area contributed by atoms with Crippen molar-refractivity contribution in [1.29, 1.82) is 0 Å². The minimum Gasteiger partial charge on any atom is -0.303 e. The number of thioether (sulfide) groups is 1. The van der Waals surface area contributed by atoms with Gasteiger partial charge in [0.1, 0.15) is 5.82 Å². The monoisotopic (exact) mass is 396 g/mol. The van der Waals surface area contributed by atoms with Crippen molar-refractivity contribution in [3.05, 3.63) is 59.4 Å². The van der Waals surface area contributed by atoms with E-state index in [1.165, 1.54) is 23.9 Å². The summed E-state index contributed by atoms with van der Waals surface area (Å²) in [4.78, 5) is 29.3. The molecule has 2 aromatic carbocycles. The maximum Gasteiger partial charge on any atom is 0.269 e. The summed E-state index contributed by atoms with van der Waals surface area (Å²) in [5.41, 5.74) is 3.18. The molecule has 0 radical (unpaired) electrons. The second-order valence-corrected chi connectivity index (χ2v) is 9.61. The number of hydrogen-bond donors (Lipinski definition) is 0. The summed E-state index contributed by atoms with van der Waals surface area (Å²) in [7, 11) is 0. The van der Waals surface area contributed by atoms with Crippen molar-refractivity contribution in [3.63, 3.8) is 0 Å². The molecule has 2 aromatic rings. The predicted octanol–water partition coefficient (Wildman–Crippen LogP) is 4.39. The van der Waals surface area contributed by atoms with Crippen LogP contribution in [-0.2, 0) is 14.5 Å². The first kappa shape index (κ1) is 17.7. The van der Waals surface area contributed by atoms with Gasteiger partial charge in [-0.05, 0) is 56.0 Å². The largest absolute Gasteiger partial charge is 0.303 e. The molecule has 0 aromatic heterocycles. The van der Waals surface area contributed by atoms with Crippen LogP contribution >= 0.6 is 11.8 Å². The molecule has 1 saturated heterocycles. The molecular formula is C22H21FN2O2S. The Morgan fingerprint density at radius 3 is 2.50 bits per heavy atom. The highest BCUT2D eigenvalue weighted by Crippen LogP contribution is 2.60. The van der Waals surface area contributed by atoms with Crippen molar-refractivity contribution >= 4 is 35.0 Å². The number of carbonyl (C=O) groups excluding carboxylic acids is 2. The van der Waals surface area contributed by atoms with Crippen LogP contribution in [0.5, 0.6) is 0 Å². The van der Waals surface area contributed by atoms with E-state index < -0.39 is 4.87 Å². The number of benzene rings is 2. The lowest BCUT2D eigenvalue weighted by Gasteiger charge is -2.44. The number of carbonyl (C=O) groups is 2. The van der Waals surface area contributed by atoms with Crippen molar-refractivity contribution < 1.29 is 14.0 Å². The van der Waals surface area contributed by atoms with Gasteiger partial charge in [0.15, 0.2) is 0 Å². The molecule has 0 aliphatic carbocycles. The van der Waals surface area contributed by atoms with Gasteiger partial charge in [0.2, 0.25) is 10.8 Å². The van der Waals surface area contributed by atoms with E-state index in [1.807, 2.05) is 17.0 Å². The molecule has 0 N–H and O–H groups in total. The molecule has 2 unspecified atom stereocenters. The molecule has 0 bridgehead atoms. The molecule has 3 heterocycles. The SMILES string of the molecule is CC1CC(C)(C)N2C(=O)C3(SCC(=O)N3c3ccc(F)cc3)c3cccc1c32. The second-order valence-electron chi connectivity index (χ2n) is 8.44. The third kappa shape index (κ3) is 2.07. The van der Waals surface area contributed by atoms with Crippen LogP contribution in [-0.4, -0.2) is 23.1 Å². The van der Waals surface area contributed by atoms with Crippen molar-refractivity contribution in [2.75, 3.05) is 15.6 Å². The van der Waals surface area contributed by atoms with Gasteiger partial charge in [0.25, 0.3) is 5.91 Å². The lowest BCUT2D eigenvalue weighted by molar-refractivity contribution is -0.124. The molecule has 3 aliphatic rings. The standard InChI is InChI=1S/C22H21FN2O2S/c1-13-11-21(2,3)25-19-16(13)5-4-6-17(19)22(20(25)27)24(18(26)12-28-22)15-9-7-14(23)8-10-15/h4-10,13H,11-12H2,1-3H3. The van der Waals surface area contributed by atoms with Gasteiger partial charge in [-0.3, -0.25) is 14.5 Å². The third-order valence-corrected chi connectivity index (χ3v) is 7.53. The minimum atomic E-state index is -1.12. The fourth-order valence-corrected chi connectivity index (χ4v) is 6.45. The van der Waals surface area contributed by atoms with Crippen molar-refractivity contribution in [2.45, 2.75) is 43.5 Å². The number of halogens is 1. The molecule has 28 heavy (non-hydrogen) atoms. The van der Waals surface area contributed by atoms with E-state index >= 15 is 0 Å². The highest BCUT2D eigenvalue weighted by atomic mass is 32.2. The van der Waals surface area contributed by atoms with E-state index in [4.69, 9.17) is 0 Å². The Kier molecular flexibility index (Phi) is 3.55. The smallest absolute Gasteiger partial charge is 0.269 e. The van der Waals surface area contributed by atoms with Crippen molar-refractivity contribution in [3.8, 4) is 0 Å². The molecule has 5 rings (SSSR count). The third-order valence-electron chi connectivity index (χ3n) is 6.14. The normalized spacial score (nSPS) is 27.6. The van der Waals surface area contributed by atoms with Crippen LogP contribution in [0.1, 0.15) is 44.2 Å². The molecule has 6 heteroatoms. The number of fused-ring (bicyclic) bond motifs is 1. The van der Waals surface area contributed by atoms with Crippen LogP contribution in [0.3, 0.4) is 0 Å². The van der Waals surface area contributed by atoms with Crippen LogP contribution in [0.2, 0.25) is 0 Å². The van der Waals surface area contributed by atoms with Crippen LogP contribution in [0.4, 0.5) is 15.8 Å². The molecule has 4 nitrogen and oxygen atoms in total. The average molecular weight is 396 g/mol. The summed E-state index contributed by atoms with van der Waals surface area (Å²) >= 11 is 1.37. The highest BCUT2D eigenvalue weighted by molar-refractivity contribution is 8.02. The summed E-state index contributed by atoms with van der Waals surface area (Å²) < 4.78 is 13.5. The van der Waals surface area contributed by atoms with E-state index in [0.29, 0.717) is 11.6 Å². The van der Waals surface area contributed by atoms with Gasteiger partial charge in [0.05, 0.1) is 11.4 Å². The van der Waals surface area contributed by atoms with Gasteiger partial charge in [-0.1, -0.05) is 25.1 Å². The molecule has 0 saturated carbocycles. The van der Waals surface area contributed by atoms with Crippen LogP contribution in [0.15, 0.2) is 42.5 Å². The number of hydrogen-bond acceptors (Lipinski definition) is 3. The number of rotatable bonds is 1. The van der Waals surface area contributed by atoms with E-state index in [-0.39, 0.29) is 28.9 Å². The molecule has 1 spiro atoms. The number of nitrogens with zero attached hydrogens (tertiary/aromatic N) is 2. The Balaban J connectivity index is 1.78. The molecule has 2 amide bonds. The Bertz CT molecular complexity index is 1020. The molecule has 1 fully saturated rings. The summed E-state index contributed by atoms with van der Waals surface area (Å²) in [6.07, 6.45) is 0.862. The number of para-hydroxylation sites is 1. The number of amides is 2. The molecule has 2 atom stereocenters. The molecule has 3 aliphatic heterocycles.